The molecule has 0 aliphatic carbocycles. The highest BCUT2D eigenvalue weighted by Crippen LogP contribution is 2.33. The van der Waals surface area contributed by atoms with Gasteiger partial charge in [-0.1, -0.05) is 78.1 Å². The molecule has 1 aromatic heterocycles. The van der Waals surface area contributed by atoms with Gasteiger partial charge in [-0.2, -0.15) is 0 Å². The van der Waals surface area contributed by atoms with Gasteiger partial charge in [-0.15, -0.1) is 11.3 Å². The third kappa shape index (κ3) is 6.55. The Labute approximate surface area is 182 Å². The summed E-state index contributed by atoms with van der Waals surface area (Å²) in [4.78, 5) is 27.0. The van der Waals surface area contributed by atoms with Crippen LogP contribution in [0.25, 0.3) is 0 Å². The Morgan fingerprint density at radius 2 is 1.44 bits per heavy atom. The molecular formula is C22H34INO2S. The molecule has 2 amide bonds. The van der Waals surface area contributed by atoms with E-state index in [1.807, 2.05) is 5.38 Å². The molecule has 1 unspecified atom stereocenters. The van der Waals surface area contributed by atoms with E-state index in [1.54, 1.807) is 0 Å². The van der Waals surface area contributed by atoms with Crippen LogP contribution in [0.2, 0.25) is 0 Å². The molecule has 0 saturated carbocycles. The van der Waals surface area contributed by atoms with Crippen molar-refractivity contribution in [1.29, 1.82) is 0 Å². The molecule has 1 atom stereocenters. The Balaban J connectivity index is 1.88. The quantitative estimate of drug-likeness (QED) is 0.152. The van der Waals surface area contributed by atoms with Crippen molar-refractivity contribution < 1.29 is 9.59 Å². The van der Waals surface area contributed by atoms with Crippen molar-refractivity contribution in [3.63, 3.8) is 0 Å². The zero-order chi connectivity index (χ0) is 19.6. The van der Waals surface area contributed by atoms with Crippen LogP contribution in [0.1, 0.15) is 112 Å². The molecule has 0 radical (unpaired) electrons. The highest BCUT2D eigenvalue weighted by Gasteiger charge is 2.39. The molecule has 0 N–H and O–H groups in total. The maximum atomic E-state index is 12.8. The van der Waals surface area contributed by atoms with Gasteiger partial charge in [-0.05, 0) is 41.4 Å². The monoisotopic (exact) mass is 503 g/mol. The lowest BCUT2D eigenvalue weighted by molar-refractivity contribution is 0.0621. The lowest BCUT2D eigenvalue weighted by Crippen LogP contribution is -2.35. The van der Waals surface area contributed by atoms with Crippen molar-refractivity contribution in [3.8, 4) is 0 Å². The number of imide groups is 1. The zero-order valence-electron chi connectivity index (χ0n) is 16.9. The van der Waals surface area contributed by atoms with Gasteiger partial charge in [-0.3, -0.25) is 14.5 Å². The van der Waals surface area contributed by atoms with Crippen LogP contribution in [0.4, 0.5) is 0 Å². The second-order valence-electron chi connectivity index (χ2n) is 7.79. The van der Waals surface area contributed by atoms with Gasteiger partial charge in [0, 0.05) is 11.9 Å². The topological polar surface area (TPSA) is 37.4 Å². The van der Waals surface area contributed by atoms with E-state index in [0.717, 1.165) is 15.7 Å². The molecule has 0 saturated heterocycles. The largest absolute Gasteiger partial charge is 0.274 e. The van der Waals surface area contributed by atoms with Gasteiger partial charge in [0.05, 0.1) is 14.0 Å². The normalized spacial score (nSPS) is 14.9. The number of hydrogen-bond donors (Lipinski definition) is 0. The van der Waals surface area contributed by atoms with Gasteiger partial charge < -0.3 is 0 Å². The van der Waals surface area contributed by atoms with E-state index < -0.39 is 0 Å². The van der Waals surface area contributed by atoms with E-state index in [4.69, 9.17) is 0 Å². The summed E-state index contributed by atoms with van der Waals surface area (Å²) in [6, 6.07) is 0. The molecule has 0 bridgehead atoms. The Hall–Kier alpha value is -0.430. The number of halogens is 1. The first-order chi connectivity index (χ1) is 13.1. The van der Waals surface area contributed by atoms with Crippen LogP contribution in [0.3, 0.4) is 0 Å². The third-order valence-corrected chi connectivity index (χ3v) is 7.62. The van der Waals surface area contributed by atoms with Crippen LogP contribution in [0.5, 0.6) is 0 Å². The molecule has 27 heavy (non-hydrogen) atoms. The van der Waals surface area contributed by atoms with Crippen LogP contribution in [-0.4, -0.2) is 23.3 Å². The molecule has 2 heterocycles. The number of unbranched alkanes of at least 4 members (excludes halogenated alkanes) is 8. The molecule has 0 aromatic carbocycles. The first kappa shape index (κ1) is 22.9. The number of carbonyl (C=O) groups is 2. The van der Waals surface area contributed by atoms with Gasteiger partial charge in [0.1, 0.15) is 0 Å². The van der Waals surface area contributed by atoms with Crippen LogP contribution < -0.4 is 0 Å². The van der Waals surface area contributed by atoms with Crippen molar-refractivity contribution in [1.82, 2.24) is 4.90 Å². The fraction of sp³-hybridized carbons (Fsp3) is 0.727. The van der Waals surface area contributed by atoms with E-state index in [0.29, 0.717) is 23.6 Å². The van der Waals surface area contributed by atoms with E-state index >= 15 is 0 Å². The molecule has 5 heteroatoms. The first-order valence-corrected chi connectivity index (χ1v) is 12.7. The fourth-order valence-electron chi connectivity index (χ4n) is 3.89. The number of hydrogen-bond acceptors (Lipinski definition) is 3. The van der Waals surface area contributed by atoms with E-state index in [2.05, 4.69) is 36.4 Å². The summed E-state index contributed by atoms with van der Waals surface area (Å²) < 4.78 is 0.943. The lowest BCUT2D eigenvalue weighted by atomic mass is 9.93. The second kappa shape index (κ2) is 12.2. The summed E-state index contributed by atoms with van der Waals surface area (Å²) in [5.41, 5.74) is 1.27. The summed E-state index contributed by atoms with van der Waals surface area (Å²) >= 11 is 3.68. The standard InChI is InChI=1S/C22H34INO2S/c1-3-5-7-9-10-12-14-17(13-11-8-6-4-2)15-24-21(25)18-16-27-20(23)19(18)22(24)26/h16-17H,3-15H2,1-2H3. The summed E-state index contributed by atoms with van der Waals surface area (Å²) in [5, 5.41) is 1.85. The summed E-state index contributed by atoms with van der Waals surface area (Å²) in [6.07, 6.45) is 15.0. The van der Waals surface area contributed by atoms with Crippen molar-refractivity contribution in [2.45, 2.75) is 90.9 Å². The molecule has 1 aromatic rings. The Bertz CT molecular complexity index is 613. The SMILES string of the molecule is CCCCCCCCC(CCCCCC)CN1C(=O)c2csc(I)c2C1=O. The first-order valence-electron chi connectivity index (χ1n) is 10.7. The fourth-order valence-corrected chi connectivity index (χ4v) is 5.55. The van der Waals surface area contributed by atoms with Crippen molar-refractivity contribution >= 4 is 45.7 Å². The van der Waals surface area contributed by atoms with Crippen LogP contribution in [0, 0.1) is 8.80 Å². The predicted molar refractivity (Wildman–Crippen MR) is 123 cm³/mol. The Kier molecular flexibility index (Phi) is 10.3. The number of rotatable bonds is 14. The molecular weight excluding hydrogens is 469 g/mol. The van der Waals surface area contributed by atoms with Gasteiger partial charge in [0.15, 0.2) is 0 Å². The van der Waals surface area contributed by atoms with Gasteiger partial charge in [-0.25, -0.2) is 0 Å². The number of nitrogens with zero attached hydrogens (tertiary/aromatic N) is 1. The van der Waals surface area contributed by atoms with Gasteiger partial charge >= 0.3 is 0 Å². The minimum Gasteiger partial charge on any atom is -0.274 e. The Morgan fingerprint density at radius 3 is 2.04 bits per heavy atom. The van der Waals surface area contributed by atoms with Gasteiger partial charge in [0.2, 0.25) is 0 Å². The highest BCUT2D eigenvalue weighted by atomic mass is 127. The average Bonchev–Trinajstić information content (AvgIpc) is 3.15. The highest BCUT2D eigenvalue weighted by molar-refractivity contribution is 14.1. The maximum Gasteiger partial charge on any atom is 0.263 e. The van der Waals surface area contributed by atoms with Gasteiger partial charge in [0.25, 0.3) is 11.8 Å². The minimum atomic E-state index is -0.0735. The van der Waals surface area contributed by atoms with Crippen molar-refractivity contribution in [2.24, 2.45) is 5.92 Å². The maximum absolute atomic E-state index is 12.8. The second-order valence-corrected chi connectivity index (χ2v) is 10.5. The summed E-state index contributed by atoms with van der Waals surface area (Å²) in [6.45, 7) is 5.08. The van der Waals surface area contributed by atoms with Crippen LogP contribution in [-0.2, 0) is 0 Å². The smallest absolute Gasteiger partial charge is 0.263 e. The molecule has 1 aliphatic heterocycles. The van der Waals surface area contributed by atoms with Crippen molar-refractivity contribution in [2.75, 3.05) is 6.54 Å². The van der Waals surface area contributed by atoms with E-state index in [-0.39, 0.29) is 11.8 Å². The number of thiophene rings is 1. The number of carbonyl (C=O) groups excluding carboxylic acids is 2. The molecule has 0 fully saturated rings. The minimum absolute atomic E-state index is 0.0675. The number of amides is 2. The molecule has 0 spiro atoms. The van der Waals surface area contributed by atoms with Crippen molar-refractivity contribution in [3.05, 3.63) is 19.4 Å². The molecule has 152 valence electrons. The summed E-state index contributed by atoms with van der Waals surface area (Å²) in [5.74, 6) is 0.309. The third-order valence-electron chi connectivity index (χ3n) is 5.55. The van der Waals surface area contributed by atoms with E-state index in [9.17, 15) is 9.59 Å². The average molecular weight is 503 g/mol. The molecule has 3 nitrogen and oxygen atoms in total. The lowest BCUT2D eigenvalue weighted by Gasteiger charge is -2.23. The van der Waals surface area contributed by atoms with Crippen LogP contribution in [0.15, 0.2) is 5.38 Å². The summed E-state index contributed by atoms with van der Waals surface area (Å²) in [7, 11) is 0. The Morgan fingerprint density at radius 1 is 0.889 bits per heavy atom. The van der Waals surface area contributed by atoms with Crippen LogP contribution >= 0.6 is 33.9 Å². The number of fused-ring (bicyclic) bond motifs is 1. The predicted octanol–water partition coefficient (Wildman–Crippen LogP) is 7.29. The van der Waals surface area contributed by atoms with E-state index in [1.165, 1.54) is 80.4 Å². The molecule has 1 aliphatic rings. The zero-order valence-corrected chi connectivity index (χ0v) is 19.9. The molecule has 2 rings (SSSR count).